The van der Waals surface area contributed by atoms with Gasteiger partial charge in [-0.25, -0.2) is 9.67 Å². The fraction of sp³-hybridized carbons (Fsp3) is 0.867. The average molecular weight is 265 g/mol. The smallest absolute Gasteiger partial charge is 0.138 e. The maximum absolute atomic E-state index is 10.9. The van der Waals surface area contributed by atoms with Crippen molar-refractivity contribution in [2.45, 2.75) is 65.5 Å². The number of aromatic nitrogens is 3. The van der Waals surface area contributed by atoms with Gasteiger partial charge in [0.05, 0.1) is 5.60 Å². The van der Waals surface area contributed by atoms with E-state index in [9.17, 15) is 5.11 Å². The maximum atomic E-state index is 10.9. The molecule has 0 amide bonds. The van der Waals surface area contributed by atoms with E-state index in [1.807, 2.05) is 4.68 Å². The van der Waals surface area contributed by atoms with Crippen molar-refractivity contribution < 1.29 is 5.11 Å². The van der Waals surface area contributed by atoms with Gasteiger partial charge in [0.15, 0.2) is 0 Å². The average Bonchev–Trinajstić information content (AvgIpc) is 2.61. The quantitative estimate of drug-likeness (QED) is 0.910. The van der Waals surface area contributed by atoms with Crippen molar-refractivity contribution in [1.29, 1.82) is 0 Å². The van der Waals surface area contributed by atoms with Crippen LogP contribution in [0.3, 0.4) is 0 Å². The van der Waals surface area contributed by atoms with E-state index in [4.69, 9.17) is 0 Å². The molecule has 0 saturated heterocycles. The van der Waals surface area contributed by atoms with Crippen molar-refractivity contribution in [2.75, 3.05) is 0 Å². The molecule has 0 spiro atoms. The molecule has 1 aliphatic carbocycles. The Bertz CT molecular complexity index is 403. The van der Waals surface area contributed by atoms with Gasteiger partial charge in [0.1, 0.15) is 12.2 Å². The summed E-state index contributed by atoms with van der Waals surface area (Å²) in [4.78, 5) is 4.35. The summed E-state index contributed by atoms with van der Waals surface area (Å²) in [6.45, 7) is 9.69. The van der Waals surface area contributed by atoms with Crippen molar-refractivity contribution in [1.82, 2.24) is 14.8 Å². The highest BCUT2D eigenvalue weighted by atomic mass is 16.3. The summed E-state index contributed by atoms with van der Waals surface area (Å²) in [5, 5.41) is 15.1. The Morgan fingerprint density at radius 1 is 1.37 bits per heavy atom. The molecule has 4 nitrogen and oxygen atoms in total. The molecule has 1 aromatic rings. The molecule has 0 radical (unpaired) electrons. The standard InChI is InChI=1S/C15H27N3O/c1-11(2)9-18-14(16-10-17-18)8-15(19)6-12(3)5-13(4)7-15/h10-13,19H,5-9H2,1-4H3. The van der Waals surface area contributed by atoms with Crippen LogP contribution in [0.25, 0.3) is 0 Å². The summed E-state index contributed by atoms with van der Waals surface area (Å²) in [5.41, 5.74) is -0.598. The zero-order valence-corrected chi connectivity index (χ0v) is 12.6. The maximum Gasteiger partial charge on any atom is 0.138 e. The number of rotatable bonds is 4. The molecular formula is C15H27N3O. The van der Waals surface area contributed by atoms with Gasteiger partial charge in [0.25, 0.3) is 0 Å². The minimum absolute atomic E-state index is 0.541. The summed E-state index contributed by atoms with van der Waals surface area (Å²) in [5.74, 6) is 2.65. The lowest BCUT2D eigenvalue weighted by Crippen LogP contribution is -2.40. The van der Waals surface area contributed by atoms with Crippen molar-refractivity contribution in [3.8, 4) is 0 Å². The molecule has 1 fully saturated rings. The van der Waals surface area contributed by atoms with Crippen LogP contribution in [0.2, 0.25) is 0 Å². The Balaban J connectivity index is 2.09. The minimum atomic E-state index is -0.598. The van der Waals surface area contributed by atoms with Gasteiger partial charge in [0.2, 0.25) is 0 Å². The summed E-state index contributed by atoms with van der Waals surface area (Å²) >= 11 is 0. The highest BCUT2D eigenvalue weighted by Gasteiger charge is 2.37. The molecule has 4 heteroatoms. The molecule has 1 aromatic heterocycles. The Morgan fingerprint density at radius 3 is 2.58 bits per heavy atom. The Kier molecular flexibility index (Phi) is 4.29. The second kappa shape index (κ2) is 5.61. The van der Waals surface area contributed by atoms with Crippen molar-refractivity contribution >= 4 is 0 Å². The summed E-state index contributed by atoms with van der Waals surface area (Å²) in [6.07, 6.45) is 5.23. The second-order valence-corrected chi connectivity index (χ2v) is 7.01. The second-order valence-electron chi connectivity index (χ2n) is 7.01. The van der Waals surface area contributed by atoms with Crippen LogP contribution in [0.1, 0.15) is 52.8 Å². The predicted octanol–water partition coefficient (Wildman–Crippen LogP) is 2.66. The number of nitrogens with zero attached hydrogens (tertiary/aromatic N) is 3. The molecule has 2 rings (SSSR count). The van der Waals surface area contributed by atoms with Crippen LogP contribution in [0.15, 0.2) is 6.33 Å². The zero-order valence-electron chi connectivity index (χ0n) is 12.6. The SMILES string of the molecule is CC(C)Cn1ncnc1CC1(O)CC(C)CC(C)C1. The van der Waals surface area contributed by atoms with Crippen LogP contribution in [0.5, 0.6) is 0 Å². The first-order valence-electron chi connectivity index (χ1n) is 7.47. The van der Waals surface area contributed by atoms with Gasteiger partial charge in [-0.3, -0.25) is 0 Å². The van der Waals surface area contributed by atoms with E-state index >= 15 is 0 Å². The lowest BCUT2D eigenvalue weighted by molar-refractivity contribution is -0.0327. The Hall–Kier alpha value is -0.900. The van der Waals surface area contributed by atoms with Crippen molar-refractivity contribution in [3.63, 3.8) is 0 Å². The van der Waals surface area contributed by atoms with Gasteiger partial charge in [0, 0.05) is 13.0 Å². The highest BCUT2D eigenvalue weighted by molar-refractivity contribution is 4.98. The third-order valence-corrected chi connectivity index (χ3v) is 3.98. The third kappa shape index (κ3) is 3.78. The first-order chi connectivity index (χ1) is 8.88. The highest BCUT2D eigenvalue weighted by Crippen LogP contribution is 2.37. The molecule has 0 aromatic carbocycles. The van der Waals surface area contributed by atoms with Crippen LogP contribution in [0.4, 0.5) is 0 Å². The van der Waals surface area contributed by atoms with Crippen LogP contribution in [-0.2, 0) is 13.0 Å². The van der Waals surface area contributed by atoms with Gasteiger partial charge >= 0.3 is 0 Å². The first kappa shape index (κ1) is 14.5. The monoisotopic (exact) mass is 265 g/mol. The van der Waals surface area contributed by atoms with Gasteiger partial charge in [-0.15, -0.1) is 0 Å². The van der Waals surface area contributed by atoms with Gasteiger partial charge < -0.3 is 5.11 Å². The molecule has 1 saturated carbocycles. The summed E-state index contributed by atoms with van der Waals surface area (Å²) in [6, 6.07) is 0. The molecule has 19 heavy (non-hydrogen) atoms. The van der Waals surface area contributed by atoms with Crippen LogP contribution in [-0.4, -0.2) is 25.5 Å². The summed E-state index contributed by atoms with van der Waals surface area (Å²) < 4.78 is 1.95. The predicted molar refractivity (Wildman–Crippen MR) is 75.7 cm³/mol. The fourth-order valence-electron chi connectivity index (χ4n) is 3.60. The number of hydrogen-bond acceptors (Lipinski definition) is 3. The van der Waals surface area contributed by atoms with E-state index in [-0.39, 0.29) is 0 Å². The van der Waals surface area contributed by atoms with Crippen molar-refractivity contribution in [3.05, 3.63) is 12.2 Å². The fourth-order valence-corrected chi connectivity index (χ4v) is 3.60. The number of aliphatic hydroxyl groups is 1. The Labute approximate surface area is 116 Å². The lowest BCUT2D eigenvalue weighted by atomic mass is 9.72. The number of hydrogen-bond donors (Lipinski definition) is 1. The van der Waals surface area contributed by atoms with E-state index < -0.39 is 5.60 Å². The lowest BCUT2D eigenvalue weighted by Gasteiger charge is -2.38. The molecule has 108 valence electrons. The topological polar surface area (TPSA) is 50.9 Å². The van der Waals surface area contributed by atoms with E-state index in [1.165, 1.54) is 6.42 Å². The molecule has 1 heterocycles. The van der Waals surface area contributed by atoms with E-state index in [0.717, 1.165) is 25.2 Å². The van der Waals surface area contributed by atoms with E-state index in [2.05, 4.69) is 37.8 Å². The largest absolute Gasteiger partial charge is 0.389 e. The van der Waals surface area contributed by atoms with E-state index in [0.29, 0.717) is 24.2 Å². The van der Waals surface area contributed by atoms with Crippen LogP contribution in [0, 0.1) is 17.8 Å². The summed E-state index contributed by atoms with van der Waals surface area (Å²) in [7, 11) is 0. The minimum Gasteiger partial charge on any atom is -0.389 e. The van der Waals surface area contributed by atoms with Crippen molar-refractivity contribution in [2.24, 2.45) is 17.8 Å². The third-order valence-electron chi connectivity index (χ3n) is 3.98. The molecule has 2 atom stereocenters. The molecule has 1 aliphatic rings. The molecular weight excluding hydrogens is 238 g/mol. The molecule has 2 unspecified atom stereocenters. The van der Waals surface area contributed by atoms with Gasteiger partial charge in [-0.1, -0.05) is 27.7 Å². The van der Waals surface area contributed by atoms with Gasteiger partial charge in [-0.2, -0.15) is 5.10 Å². The molecule has 0 bridgehead atoms. The van der Waals surface area contributed by atoms with E-state index in [1.54, 1.807) is 6.33 Å². The van der Waals surface area contributed by atoms with Crippen LogP contribution < -0.4 is 0 Å². The zero-order chi connectivity index (χ0) is 14.0. The van der Waals surface area contributed by atoms with Crippen LogP contribution >= 0.6 is 0 Å². The molecule has 1 N–H and O–H groups in total. The first-order valence-corrected chi connectivity index (χ1v) is 7.47. The van der Waals surface area contributed by atoms with Gasteiger partial charge in [-0.05, 0) is 37.0 Å². The normalized spacial score (nSPS) is 31.9. The Morgan fingerprint density at radius 2 is 2.00 bits per heavy atom. The molecule has 0 aliphatic heterocycles.